The zero-order chi connectivity index (χ0) is 12.9. The number of sulfone groups is 1. The number of nitrogens with two attached hydrogens (primary N) is 1. The Morgan fingerprint density at radius 3 is 2.41 bits per heavy atom. The summed E-state index contributed by atoms with van der Waals surface area (Å²) in [4.78, 5) is 1.57. The van der Waals surface area contributed by atoms with Crippen molar-refractivity contribution in [3.63, 3.8) is 0 Å². The summed E-state index contributed by atoms with van der Waals surface area (Å²) in [6.07, 6.45) is 0.390. The molecule has 0 aromatic heterocycles. The highest BCUT2D eigenvalue weighted by atomic mass is 32.2. The summed E-state index contributed by atoms with van der Waals surface area (Å²) in [6, 6.07) is -0.147. The Labute approximate surface area is 104 Å². The molecular weight excluding hydrogens is 240 g/mol. The summed E-state index contributed by atoms with van der Waals surface area (Å²) in [7, 11) is -2.99. The van der Waals surface area contributed by atoms with Crippen molar-refractivity contribution in [3.8, 4) is 0 Å². The molecule has 1 heterocycles. The Bertz CT molecular complexity index is 315. The third-order valence-electron chi connectivity index (χ3n) is 3.57. The largest absolute Gasteiger partial charge is 0.386 e. The van der Waals surface area contributed by atoms with Gasteiger partial charge in [0, 0.05) is 6.42 Å². The van der Waals surface area contributed by atoms with Crippen molar-refractivity contribution in [1.82, 2.24) is 0 Å². The second-order valence-corrected chi connectivity index (χ2v) is 7.05. The molecule has 102 valence electrons. The molecule has 0 amide bonds. The van der Waals surface area contributed by atoms with Crippen molar-refractivity contribution < 1.29 is 23.7 Å². The monoisotopic (exact) mass is 266 g/mol. The van der Waals surface area contributed by atoms with Crippen molar-refractivity contribution in [2.45, 2.75) is 32.4 Å². The topological polar surface area (TPSA) is 75.4 Å². The van der Waals surface area contributed by atoms with Crippen LogP contribution < -0.4 is 10.2 Å². The van der Waals surface area contributed by atoms with Gasteiger partial charge in [-0.1, -0.05) is 0 Å². The van der Waals surface area contributed by atoms with Gasteiger partial charge >= 0.3 is 0 Å². The highest BCUT2D eigenvalue weighted by Gasteiger charge is 2.38. The zero-order valence-electron chi connectivity index (χ0n) is 10.9. The third kappa shape index (κ3) is 4.91. The van der Waals surface area contributed by atoms with E-state index >= 15 is 0 Å². The van der Waals surface area contributed by atoms with Crippen LogP contribution in [0.2, 0.25) is 0 Å². The number of rotatable bonds is 7. The van der Waals surface area contributed by atoms with Crippen LogP contribution in [-0.4, -0.2) is 63.4 Å². The molecule has 1 rings (SSSR count). The Balaban J connectivity index is 2.19. The second-order valence-electron chi connectivity index (χ2n) is 4.89. The molecule has 0 aromatic rings. The van der Waals surface area contributed by atoms with Crippen LogP contribution in [0.4, 0.5) is 0 Å². The van der Waals surface area contributed by atoms with Crippen molar-refractivity contribution in [3.05, 3.63) is 0 Å². The molecule has 0 bridgehead atoms. The summed E-state index contributed by atoms with van der Waals surface area (Å²) < 4.78 is 22.6. The van der Waals surface area contributed by atoms with Crippen LogP contribution in [-0.2, 0) is 9.84 Å². The third-order valence-corrected chi connectivity index (χ3v) is 5.31. The van der Waals surface area contributed by atoms with Gasteiger partial charge in [-0.05, 0) is 13.8 Å². The standard InChI is InChI=1S/C11H24N2O3S/c1-3-13(4-2)7-5-6-12-10-8-17(15,16)9-11(10)14/h10-12,14H,3-9H2,1-2H3/p+2/t10-,11+/m1/s1. The maximum absolute atomic E-state index is 11.3. The normalized spacial score (nSPS) is 27.8. The van der Waals surface area contributed by atoms with Crippen molar-refractivity contribution in [2.24, 2.45) is 0 Å². The van der Waals surface area contributed by atoms with E-state index in [0.29, 0.717) is 0 Å². The molecule has 0 saturated carbocycles. The van der Waals surface area contributed by atoms with Crippen molar-refractivity contribution in [2.75, 3.05) is 37.7 Å². The van der Waals surface area contributed by atoms with Crippen LogP contribution in [0.25, 0.3) is 0 Å². The Morgan fingerprint density at radius 2 is 1.94 bits per heavy atom. The minimum absolute atomic E-state index is 0.0601. The van der Waals surface area contributed by atoms with E-state index < -0.39 is 15.9 Å². The summed E-state index contributed by atoms with van der Waals surface area (Å²) in [5, 5.41) is 11.6. The average molecular weight is 266 g/mol. The second kappa shape index (κ2) is 6.68. The summed E-state index contributed by atoms with van der Waals surface area (Å²) in [5.41, 5.74) is 0. The number of aliphatic hydroxyl groups excluding tert-OH is 1. The Morgan fingerprint density at radius 1 is 1.29 bits per heavy atom. The molecule has 0 unspecified atom stereocenters. The van der Waals surface area contributed by atoms with Gasteiger partial charge in [0.15, 0.2) is 9.84 Å². The Hall–Kier alpha value is -0.170. The van der Waals surface area contributed by atoms with E-state index in [2.05, 4.69) is 13.8 Å². The fourth-order valence-electron chi connectivity index (χ4n) is 2.37. The number of nitrogens with one attached hydrogen (secondary N) is 1. The first-order valence-corrected chi connectivity index (χ1v) is 8.36. The summed E-state index contributed by atoms with van der Waals surface area (Å²) in [5.74, 6) is 0.0712. The predicted octanol–water partition coefficient (Wildman–Crippen LogP) is -2.98. The zero-order valence-corrected chi connectivity index (χ0v) is 11.7. The number of hydrogen-bond acceptors (Lipinski definition) is 3. The maximum Gasteiger partial charge on any atom is 0.159 e. The molecule has 17 heavy (non-hydrogen) atoms. The molecule has 0 aromatic carbocycles. The van der Waals surface area contributed by atoms with Crippen LogP contribution in [0.1, 0.15) is 20.3 Å². The van der Waals surface area contributed by atoms with Gasteiger partial charge in [-0.25, -0.2) is 8.42 Å². The van der Waals surface area contributed by atoms with Crippen molar-refractivity contribution >= 4 is 9.84 Å². The molecule has 5 nitrogen and oxygen atoms in total. The fourth-order valence-corrected chi connectivity index (χ4v) is 4.22. The molecule has 2 atom stereocenters. The quantitative estimate of drug-likeness (QED) is 0.431. The smallest absolute Gasteiger partial charge is 0.159 e. The van der Waals surface area contributed by atoms with Crippen LogP contribution in [0.5, 0.6) is 0 Å². The van der Waals surface area contributed by atoms with Gasteiger partial charge in [0.1, 0.15) is 17.9 Å². The molecule has 0 radical (unpaired) electrons. The number of hydrogen-bond donors (Lipinski definition) is 3. The van der Waals surface area contributed by atoms with E-state index in [1.165, 1.54) is 0 Å². The lowest BCUT2D eigenvalue weighted by Gasteiger charge is -2.16. The van der Waals surface area contributed by atoms with Crippen LogP contribution >= 0.6 is 0 Å². The molecule has 1 aliphatic rings. The number of quaternary nitrogens is 2. The van der Waals surface area contributed by atoms with E-state index in [1.54, 1.807) is 4.90 Å². The first kappa shape index (κ1) is 14.9. The van der Waals surface area contributed by atoms with E-state index in [-0.39, 0.29) is 17.5 Å². The van der Waals surface area contributed by atoms with Crippen LogP contribution in [0.15, 0.2) is 0 Å². The highest BCUT2D eigenvalue weighted by molar-refractivity contribution is 7.91. The van der Waals surface area contributed by atoms with Gasteiger partial charge in [0.05, 0.1) is 31.9 Å². The molecule has 1 fully saturated rings. The molecule has 1 aliphatic heterocycles. The summed E-state index contributed by atoms with van der Waals surface area (Å²) in [6.45, 7) is 8.65. The summed E-state index contributed by atoms with van der Waals surface area (Å²) >= 11 is 0. The van der Waals surface area contributed by atoms with Crippen LogP contribution in [0.3, 0.4) is 0 Å². The van der Waals surface area contributed by atoms with E-state index in [0.717, 1.165) is 32.6 Å². The van der Waals surface area contributed by atoms with Crippen molar-refractivity contribution in [1.29, 1.82) is 0 Å². The predicted molar refractivity (Wildman–Crippen MR) is 66.8 cm³/mol. The fraction of sp³-hybridized carbons (Fsp3) is 1.00. The van der Waals surface area contributed by atoms with Gasteiger partial charge in [-0.3, -0.25) is 0 Å². The molecule has 6 heteroatoms. The minimum Gasteiger partial charge on any atom is -0.386 e. The lowest BCUT2D eigenvalue weighted by molar-refractivity contribution is -0.898. The highest BCUT2D eigenvalue weighted by Crippen LogP contribution is 2.08. The first-order valence-electron chi connectivity index (χ1n) is 6.54. The Kier molecular flexibility index (Phi) is 5.85. The lowest BCUT2D eigenvalue weighted by Crippen LogP contribution is -3.11. The first-order chi connectivity index (χ1) is 7.98. The van der Waals surface area contributed by atoms with Gasteiger partial charge in [-0.15, -0.1) is 0 Å². The molecule has 0 spiro atoms. The van der Waals surface area contributed by atoms with E-state index in [4.69, 9.17) is 0 Å². The van der Waals surface area contributed by atoms with Gasteiger partial charge < -0.3 is 15.3 Å². The average Bonchev–Trinajstić information content (AvgIpc) is 2.52. The SMILES string of the molecule is CC[NH+](CC)CCC[NH2+][C@@H]1CS(=O)(=O)C[C@@H]1O. The molecular formula is C11H26N2O3S+2. The lowest BCUT2D eigenvalue weighted by atomic mass is 10.2. The van der Waals surface area contributed by atoms with Gasteiger partial charge in [0.25, 0.3) is 0 Å². The maximum atomic E-state index is 11.3. The number of aliphatic hydroxyl groups is 1. The molecule has 1 saturated heterocycles. The van der Waals surface area contributed by atoms with E-state index in [1.807, 2.05) is 5.32 Å². The molecule has 0 aliphatic carbocycles. The van der Waals surface area contributed by atoms with E-state index in [9.17, 15) is 13.5 Å². The minimum atomic E-state index is -2.99. The van der Waals surface area contributed by atoms with Gasteiger partial charge in [-0.2, -0.15) is 0 Å². The van der Waals surface area contributed by atoms with Crippen LogP contribution in [0, 0.1) is 0 Å². The molecule has 4 N–H and O–H groups in total. The van der Waals surface area contributed by atoms with Gasteiger partial charge in [0.2, 0.25) is 0 Å².